The largest absolute Gasteiger partial charge is 0.481 e. The number of benzene rings is 1. The molecule has 0 aliphatic carbocycles. The maximum atomic E-state index is 12.2. The third kappa shape index (κ3) is 2.86. The number of carbonyl (C=O) groups excluding carboxylic acids is 1. The Morgan fingerprint density at radius 3 is 2.32 bits per heavy atom. The highest BCUT2D eigenvalue weighted by molar-refractivity contribution is 5.76. The maximum absolute atomic E-state index is 12.2. The normalized spacial score (nSPS) is 14.9. The third-order valence-corrected chi connectivity index (χ3v) is 3.41. The van der Waals surface area contributed by atoms with Crippen LogP contribution >= 0.6 is 0 Å². The average Bonchev–Trinajstić information content (AvgIpc) is 2.81. The van der Waals surface area contributed by atoms with Gasteiger partial charge in [-0.05, 0) is 11.1 Å². The Labute approximate surface area is 112 Å². The van der Waals surface area contributed by atoms with Gasteiger partial charge in [-0.1, -0.05) is 31.2 Å². The summed E-state index contributed by atoms with van der Waals surface area (Å²) >= 11 is 0. The van der Waals surface area contributed by atoms with Crippen LogP contribution in [-0.4, -0.2) is 40.5 Å². The van der Waals surface area contributed by atoms with Crippen LogP contribution in [0.4, 0.5) is 4.79 Å². The molecule has 1 unspecified atom stereocenters. The first-order valence-electron chi connectivity index (χ1n) is 6.28. The number of rotatable bonds is 3. The molecule has 1 aliphatic rings. The van der Waals surface area contributed by atoms with Gasteiger partial charge in [-0.25, -0.2) is 4.79 Å². The molecular weight excluding hydrogens is 244 g/mol. The van der Waals surface area contributed by atoms with E-state index < -0.39 is 11.9 Å². The molecule has 0 radical (unpaired) electrons. The summed E-state index contributed by atoms with van der Waals surface area (Å²) in [6.07, 6.45) is 0. The number of amides is 2. The minimum Gasteiger partial charge on any atom is -0.481 e. The van der Waals surface area contributed by atoms with Crippen LogP contribution in [0.3, 0.4) is 0 Å². The maximum Gasteiger partial charge on any atom is 0.320 e. The molecule has 0 saturated heterocycles. The number of urea groups is 1. The molecule has 1 N–H and O–H groups in total. The Balaban J connectivity index is 1.97. The molecule has 2 amide bonds. The number of nitrogens with zero attached hydrogens (tertiary/aromatic N) is 2. The van der Waals surface area contributed by atoms with E-state index in [1.807, 2.05) is 24.3 Å². The average molecular weight is 262 g/mol. The van der Waals surface area contributed by atoms with E-state index in [4.69, 9.17) is 5.11 Å². The number of fused-ring (bicyclic) bond motifs is 1. The summed E-state index contributed by atoms with van der Waals surface area (Å²) < 4.78 is 0. The summed E-state index contributed by atoms with van der Waals surface area (Å²) in [4.78, 5) is 26.2. The molecule has 1 heterocycles. The Kier molecular flexibility index (Phi) is 3.74. The Hall–Kier alpha value is -2.04. The van der Waals surface area contributed by atoms with Gasteiger partial charge in [0.2, 0.25) is 0 Å². The molecular formula is C14H18N2O3. The van der Waals surface area contributed by atoms with Crippen molar-refractivity contribution < 1.29 is 14.7 Å². The first-order chi connectivity index (χ1) is 8.99. The molecule has 0 saturated carbocycles. The summed E-state index contributed by atoms with van der Waals surface area (Å²) in [5, 5.41) is 8.87. The summed E-state index contributed by atoms with van der Waals surface area (Å²) in [5.74, 6) is -1.44. The number of hydrogen-bond acceptors (Lipinski definition) is 2. The van der Waals surface area contributed by atoms with Crippen molar-refractivity contribution in [1.29, 1.82) is 0 Å². The number of carbonyl (C=O) groups is 2. The fourth-order valence-electron chi connectivity index (χ4n) is 2.28. The molecule has 0 bridgehead atoms. The zero-order valence-electron chi connectivity index (χ0n) is 11.2. The lowest BCUT2D eigenvalue weighted by atomic mass is 10.1. The van der Waals surface area contributed by atoms with Crippen LogP contribution in [0.5, 0.6) is 0 Å². The summed E-state index contributed by atoms with van der Waals surface area (Å²) in [6, 6.07) is 7.83. The van der Waals surface area contributed by atoms with E-state index in [1.54, 1.807) is 18.9 Å². The lowest BCUT2D eigenvalue weighted by molar-refractivity contribution is -0.141. The monoisotopic (exact) mass is 262 g/mol. The van der Waals surface area contributed by atoms with Crippen LogP contribution < -0.4 is 0 Å². The second kappa shape index (κ2) is 5.30. The molecule has 0 fully saturated rings. The fraction of sp³-hybridized carbons (Fsp3) is 0.429. The first kappa shape index (κ1) is 13.4. The highest BCUT2D eigenvalue weighted by Crippen LogP contribution is 2.23. The predicted octanol–water partition coefficient (Wildman–Crippen LogP) is 1.77. The van der Waals surface area contributed by atoms with Gasteiger partial charge in [0.15, 0.2) is 0 Å². The van der Waals surface area contributed by atoms with Crippen LogP contribution in [0, 0.1) is 5.92 Å². The van der Waals surface area contributed by atoms with Gasteiger partial charge < -0.3 is 14.9 Å². The van der Waals surface area contributed by atoms with Gasteiger partial charge >= 0.3 is 12.0 Å². The van der Waals surface area contributed by atoms with Crippen LogP contribution in [-0.2, 0) is 17.9 Å². The summed E-state index contributed by atoms with van der Waals surface area (Å²) in [6.45, 7) is 3.02. The van der Waals surface area contributed by atoms with E-state index in [2.05, 4.69) is 0 Å². The minimum absolute atomic E-state index is 0.121. The zero-order chi connectivity index (χ0) is 14.0. The van der Waals surface area contributed by atoms with Crippen LogP contribution in [0.1, 0.15) is 18.1 Å². The van der Waals surface area contributed by atoms with Gasteiger partial charge in [0.1, 0.15) is 0 Å². The van der Waals surface area contributed by atoms with E-state index in [0.29, 0.717) is 13.1 Å². The Morgan fingerprint density at radius 1 is 1.32 bits per heavy atom. The molecule has 0 aromatic heterocycles. The smallest absolute Gasteiger partial charge is 0.320 e. The Morgan fingerprint density at radius 2 is 1.84 bits per heavy atom. The van der Waals surface area contributed by atoms with E-state index in [0.717, 1.165) is 11.1 Å². The molecule has 5 heteroatoms. The van der Waals surface area contributed by atoms with E-state index >= 15 is 0 Å². The van der Waals surface area contributed by atoms with Crippen LogP contribution in [0.2, 0.25) is 0 Å². The van der Waals surface area contributed by atoms with Crippen molar-refractivity contribution in [2.75, 3.05) is 13.6 Å². The number of carboxylic acids is 1. The molecule has 0 spiro atoms. The molecule has 102 valence electrons. The van der Waals surface area contributed by atoms with Crippen molar-refractivity contribution in [3.63, 3.8) is 0 Å². The highest BCUT2D eigenvalue weighted by Gasteiger charge is 2.26. The minimum atomic E-state index is -0.885. The van der Waals surface area contributed by atoms with Crippen LogP contribution in [0.15, 0.2) is 24.3 Å². The topological polar surface area (TPSA) is 60.9 Å². The van der Waals surface area contributed by atoms with Gasteiger partial charge in [0, 0.05) is 26.7 Å². The summed E-state index contributed by atoms with van der Waals surface area (Å²) in [7, 11) is 1.64. The van der Waals surface area contributed by atoms with Gasteiger partial charge in [0.05, 0.1) is 5.92 Å². The van der Waals surface area contributed by atoms with Crippen molar-refractivity contribution >= 4 is 12.0 Å². The van der Waals surface area contributed by atoms with E-state index in [9.17, 15) is 9.59 Å². The van der Waals surface area contributed by atoms with Crippen LogP contribution in [0.25, 0.3) is 0 Å². The third-order valence-electron chi connectivity index (χ3n) is 3.41. The van der Waals surface area contributed by atoms with Crippen molar-refractivity contribution in [3.8, 4) is 0 Å². The molecule has 1 atom stereocenters. The number of hydrogen-bond donors (Lipinski definition) is 1. The predicted molar refractivity (Wildman–Crippen MR) is 70.5 cm³/mol. The molecule has 19 heavy (non-hydrogen) atoms. The fourth-order valence-corrected chi connectivity index (χ4v) is 2.28. The van der Waals surface area contributed by atoms with Crippen molar-refractivity contribution in [2.24, 2.45) is 5.92 Å². The molecule has 1 aromatic rings. The lowest BCUT2D eigenvalue weighted by Crippen LogP contribution is -2.41. The second-order valence-corrected chi connectivity index (χ2v) is 5.03. The van der Waals surface area contributed by atoms with Crippen molar-refractivity contribution in [2.45, 2.75) is 20.0 Å². The first-order valence-corrected chi connectivity index (χ1v) is 6.28. The summed E-state index contributed by atoms with van der Waals surface area (Å²) in [5.41, 5.74) is 2.33. The quantitative estimate of drug-likeness (QED) is 0.903. The highest BCUT2D eigenvalue weighted by atomic mass is 16.4. The van der Waals surface area contributed by atoms with Gasteiger partial charge in [0.25, 0.3) is 0 Å². The van der Waals surface area contributed by atoms with Gasteiger partial charge in [-0.15, -0.1) is 0 Å². The van der Waals surface area contributed by atoms with E-state index in [-0.39, 0.29) is 12.6 Å². The van der Waals surface area contributed by atoms with E-state index in [1.165, 1.54) is 4.90 Å². The molecule has 2 rings (SSSR count). The molecule has 1 aliphatic heterocycles. The van der Waals surface area contributed by atoms with Gasteiger partial charge in [-0.3, -0.25) is 4.79 Å². The molecule has 5 nitrogen and oxygen atoms in total. The Bertz CT molecular complexity index is 476. The standard InChI is InChI=1S/C14H18N2O3/c1-10(13(17)18)7-15(2)14(19)16-8-11-5-3-4-6-12(11)9-16/h3-6,10H,7-9H2,1-2H3,(H,17,18). The number of aliphatic carboxylic acids is 1. The second-order valence-electron chi connectivity index (χ2n) is 5.03. The SMILES string of the molecule is CC(CN(C)C(=O)N1Cc2ccccc2C1)C(=O)O. The van der Waals surface area contributed by atoms with Crippen molar-refractivity contribution in [1.82, 2.24) is 9.80 Å². The lowest BCUT2D eigenvalue weighted by Gasteiger charge is -2.25. The number of carboxylic acid groups (broad SMARTS) is 1. The van der Waals surface area contributed by atoms with Gasteiger partial charge in [-0.2, -0.15) is 0 Å². The zero-order valence-corrected chi connectivity index (χ0v) is 11.2. The molecule has 1 aromatic carbocycles. The van der Waals surface area contributed by atoms with Crippen molar-refractivity contribution in [3.05, 3.63) is 35.4 Å².